The Morgan fingerprint density at radius 3 is 2.46 bits per heavy atom. The van der Waals surface area contributed by atoms with Crippen molar-refractivity contribution < 1.29 is 4.79 Å². The summed E-state index contributed by atoms with van der Waals surface area (Å²) in [6.45, 7) is 0.999. The largest absolute Gasteiger partial charge is 0.385 e. The summed E-state index contributed by atoms with van der Waals surface area (Å²) in [4.78, 5) is 12.3. The lowest BCUT2D eigenvalue weighted by Gasteiger charge is -2.29. The molecule has 24 heavy (non-hydrogen) atoms. The predicted molar refractivity (Wildman–Crippen MR) is 99.6 cm³/mol. The summed E-state index contributed by atoms with van der Waals surface area (Å²) in [5.74, 6) is 0.646. The third-order valence-corrected chi connectivity index (χ3v) is 4.87. The van der Waals surface area contributed by atoms with E-state index in [2.05, 4.69) is 22.8 Å². The first-order valence-electron chi connectivity index (χ1n) is 8.56. The molecule has 0 saturated heterocycles. The van der Waals surface area contributed by atoms with Crippen LogP contribution >= 0.6 is 11.6 Å². The van der Waals surface area contributed by atoms with Gasteiger partial charge in [0, 0.05) is 28.9 Å². The Balaban J connectivity index is 1.43. The molecule has 1 fully saturated rings. The van der Waals surface area contributed by atoms with Crippen LogP contribution in [0.25, 0.3) is 0 Å². The molecule has 0 aliphatic heterocycles. The van der Waals surface area contributed by atoms with Crippen LogP contribution in [0.4, 0.5) is 5.69 Å². The monoisotopic (exact) mass is 342 g/mol. The Kier molecular flexibility index (Phi) is 5.76. The van der Waals surface area contributed by atoms with Crippen LogP contribution in [-0.2, 0) is 0 Å². The van der Waals surface area contributed by atoms with Gasteiger partial charge >= 0.3 is 0 Å². The molecule has 1 amide bonds. The van der Waals surface area contributed by atoms with Gasteiger partial charge in [-0.15, -0.1) is 0 Å². The fourth-order valence-corrected chi connectivity index (χ4v) is 3.42. The van der Waals surface area contributed by atoms with Crippen molar-refractivity contribution in [2.45, 2.75) is 31.7 Å². The first kappa shape index (κ1) is 16.8. The van der Waals surface area contributed by atoms with Gasteiger partial charge in [-0.05, 0) is 61.9 Å². The molecule has 0 heterocycles. The van der Waals surface area contributed by atoms with E-state index in [4.69, 9.17) is 11.6 Å². The minimum absolute atomic E-state index is 0.0247. The SMILES string of the molecule is O=C(N[C@H]1CC[C@H](CNc2ccccc2)CC1)c1cccc(Cl)c1. The van der Waals surface area contributed by atoms with Crippen molar-refractivity contribution in [1.82, 2.24) is 5.32 Å². The number of hydrogen-bond acceptors (Lipinski definition) is 2. The first-order valence-corrected chi connectivity index (χ1v) is 8.94. The lowest BCUT2D eigenvalue weighted by atomic mass is 9.86. The number of anilines is 1. The minimum Gasteiger partial charge on any atom is -0.385 e. The van der Waals surface area contributed by atoms with E-state index in [1.807, 2.05) is 24.3 Å². The number of rotatable bonds is 5. The van der Waals surface area contributed by atoms with Gasteiger partial charge in [0.2, 0.25) is 0 Å². The Morgan fingerprint density at radius 2 is 1.75 bits per heavy atom. The number of carbonyl (C=O) groups excluding carboxylic acids is 1. The quantitative estimate of drug-likeness (QED) is 0.824. The molecule has 1 aliphatic rings. The first-order chi connectivity index (χ1) is 11.7. The highest BCUT2D eigenvalue weighted by Gasteiger charge is 2.22. The van der Waals surface area contributed by atoms with Gasteiger partial charge in [-0.2, -0.15) is 0 Å². The summed E-state index contributed by atoms with van der Waals surface area (Å²) in [7, 11) is 0. The van der Waals surface area contributed by atoms with Crippen LogP contribution in [0.3, 0.4) is 0 Å². The molecule has 2 aromatic carbocycles. The van der Waals surface area contributed by atoms with Gasteiger partial charge in [-0.3, -0.25) is 4.79 Å². The molecule has 4 heteroatoms. The number of hydrogen-bond donors (Lipinski definition) is 2. The summed E-state index contributed by atoms with van der Waals surface area (Å²) in [6, 6.07) is 17.7. The maximum absolute atomic E-state index is 12.3. The molecule has 1 saturated carbocycles. The Hall–Kier alpha value is -2.00. The number of para-hydroxylation sites is 1. The zero-order valence-corrected chi connectivity index (χ0v) is 14.4. The van der Waals surface area contributed by atoms with E-state index in [9.17, 15) is 4.79 Å². The zero-order chi connectivity index (χ0) is 16.8. The molecule has 3 rings (SSSR count). The summed E-state index contributed by atoms with van der Waals surface area (Å²) in [5.41, 5.74) is 1.81. The molecule has 0 unspecified atom stereocenters. The van der Waals surface area contributed by atoms with Gasteiger partial charge in [0.05, 0.1) is 0 Å². The maximum Gasteiger partial charge on any atom is 0.251 e. The van der Waals surface area contributed by atoms with Gasteiger partial charge < -0.3 is 10.6 Å². The molecular formula is C20H23ClN2O. The summed E-state index contributed by atoms with van der Waals surface area (Å²) >= 11 is 5.95. The summed E-state index contributed by atoms with van der Waals surface area (Å²) < 4.78 is 0. The highest BCUT2D eigenvalue weighted by Crippen LogP contribution is 2.25. The van der Waals surface area contributed by atoms with Crippen LogP contribution in [-0.4, -0.2) is 18.5 Å². The maximum atomic E-state index is 12.3. The molecule has 2 aromatic rings. The number of amides is 1. The van der Waals surface area contributed by atoms with E-state index in [1.54, 1.807) is 18.2 Å². The fourth-order valence-electron chi connectivity index (χ4n) is 3.23. The molecule has 3 nitrogen and oxygen atoms in total. The average molecular weight is 343 g/mol. The molecule has 0 aromatic heterocycles. The number of carbonyl (C=O) groups is 1. The van der Waals surface area contributed by atoms with Crippen molar-refractivity contribution in [3.05, 3.63) is 65.2 Å². The van der Waals surface area contributed by atoms with Crippen molar-refractivity contribution >= 4 is 23.2 Å². The minimum atomic E-state index is -0.0247. The van der Waals surface area contributed by atoms with Crippen LogP contribution in [0, 0.1) is 5.92 Å². The topological polar surface area (TPSA) is 41.1 Å². The van der Waals surface area contributed by atoms with Crippen molar-refractivity contribution in [2.75, 3.05) is 11.9 Å². The molecular weight excluding hydrogens is 320 g/mol. The average Bonchev–Trinajstić information content (AvgIpc) is 2.62. The Bertz CT molecular complexity index is 666. The third-order valence-electron chi connectivity index (χ3n) is 4.64. The third kappa shape index (κ3) is 4.75. The van der Waals surface area contributed by atoms with Crippen molar-refractivity contribution in [1.29, 1.82) is 0 Å². The lowest BCUT2D eigenvalue weighted by molar-refractivity contribution is 0.0922. The molecule has 1 aliphatic carbocycles. The van der Waals surface area contributed by atoms with E-state index < -0.39 is 0 Å². The zero-order valence-electron chi connectivity index (χ0n) is 13.7. The van der Waals surface area contributed by atoms with Crippen LogP contribution in [0.2, 0.25) is 5.02 Å². The van der Waals surface area contributed by atoms with E-state index >= 15 is 0 Å². The van der Waals surface area contributed by atoms with Crippen LogP contribution in [0.1, 0.15) is 36.0 Å². The van der Waals surface area contributed by atoms with E-state index in [0.717, 1.165) is 32.2 Å². The summed E-state index contributed by atoms with van der Waals surface area (Å²) in [5, 5.41) is 7.23. The van der Waals surface area contributed by atoms with Gasteiger partial charge in [0.1, 0.15) is 0 Å². The standard InChI is InChI=1S/C20H23ClN2O/c21-17-6-4-5-16(13-17)20(24)23-19-11-9-15(10-12-19)14-22-18-7-2-1-3-8-18/h1-8,13,15,19,22H,9-12,14H2,(H,23,24)/t15-,19-. The Labute approximate surface area is 148 Å². The van der Waals surface area contributed by atoms with E-state index in [-0.39, 0.29) is 11.9 Å². The second-order valence-electron chi connectivity index (χ2n) is 6.45. The predicted octanol–water partition coefficient (Wildman–Crippen LogP) is 4.74. The molecule has 0 radical (unpaired) electrons. The molecule has 0 atom stereocenters. The number of halogens is 1. The smallest absolute Gasteiger partial charge is 0.251 e. The van der Waals surface area contributed by atoms with Crippen molar-refractivity contribution in [2.24, 2.45) is 5.92 Å². The van der Waals surface area contributed by atoms with Gasteiger partial charge in [-0.25, -0.2) is 0 Å². The molecule has 126 valence electrons. The van der Waals surface area contributed by atoms with Crippen LogP contribution in [0.15, 0.2) is 54.6 Å². The molecule has 0 spiro atoms. The second kappa shape index (κ2) is 8.20. The van der Waals surface area contributed by atoms with Crippen molar-refractivity contribution in [3.63, 3.8) is 0 Å². The highest BCUT2D eigenvalue weighted by molar-refractivity contribution is 6.30. The van der Waals surface area contributed by atoms with Crippen LogP contribution < -0.4 is 10.6 Å². The molecule has 2 N–H and O–H groups in total. The fraction of sp³-hybridized carbons (Fsp3) is 0.350. The number of nitrogens with one attached hydrogen (secondary N) is 2. The number of benzene rings is 2. The Morgan fingerprint density at radius 1 is 1.00 bits per heavy atom. The van der Waals surface area contributed by atoms with Gasteiger partial charge in [0.25, 0.3) is 5.91 Å². The van der Waals surface area contributed by atoms with E-state index in [0.29, 0.717) is 16.5 Å². The molecule has 0 bridgehead atoms. The van der Waals surface area contributed by atoms with Crippen molar-refractivity contribution in [3.8, 4) is 0 Å². The lowest BCUT2D eigenvalue weighted by Crippen LogP contribution is -2.38. The normalized spacial score (nSPS) is 20.4. The second-order valence-corrected chi connectivity index (χ2v) is 6.88. The highest BCUT2D eigenvalue weighted by atomic mass is 35.5. The van der Waals surface area contributed by atoms with E-state index in [1.165, 1.54) is 5.69 Å². The summed E-state index contributed by atoms with van der Waals surface area (Å²) in [6.07, 6.45) is 4.35. The van der Waals surface area contributed by atoms with Gasteiger partial charge in [0.15, 0.2) is 0 Å². The van der Waals surface area contributed by atoms with Crippen LogP contribution in [0.5, 0.6) is 0 Å². The van der Waals surface area contributed by atoms with Gasteiger partial charge in [-0.1, -0.05) is 35.9 Å².